The molecule has 0 spiro atoms. The molecule has 0 amide bonds. The minimum Gasteiger partial charge on any atom is -0.314 e. The van der Waals surface area contributed by atoms with Crippen LogP contribution in [0.4, 0.5) is 0 Å². The minimum atomic E-state index is -0.0698. The van der Waals surface area contributed by atoms with Gasteiger partial charge >= 0.3 is 5.69 Å². The number of nitrogens with zero attached hydrogens (tertiary/aromatic N) is 4. The molecule has 1 atom stereocenters. The molecule has 0 radical (unpaired) electrons. The summed E-state index contributed by atoms with van der Waals surface area (Å²) in [7, 11) is 0. The first-order valence-electron chi connectivity index (χ1n) is 9.34. The monoisotopic (exact) mass is 351 g/mol. The van der Waals surface area contributed by atoms with E-state index in [0.717, 1.165) is 32.6 Å². The smallest absolute Gasteiger partial charge is 0.314 e. The van der Waals surface area contributed by atoms with Crippen LogP contribution in [-0.4, -0.2) is 45.3 Å². The highest BCUT2D eigenvalue weighted by Crippen LogP contribution is 2.22. The molecule has 3 aromatic rings. The topological polar surface area (TPSA) is 54.6 Å². The molecule has 2 aromatic heterocycles. The highest BCUT2D eigenvalue weighted by Gasteiger charge is 2.23. The number of nitrogens with one attached hydrogen (secondary N) is 1. The van der Waals surface area contributed by atoms with Crippen molar-refractivity contribution in [1.82, 2.24) is 24.4 Å². The summed E-state index contributed by atoms with van der Waals surface area (Å²) in [4.78, 5) is 14.9. The fraction of sp³-hybridized carbons (Fsp3) is 0.400. The highest BCUT2D eigenvalue weighted by atomic mass is 16.2. The van der Waals surface area contributed by atoms with Gasteiger partial charge in [0.05, 0.1) is 6.54 Å². The van der Waals surface area contributed by atoms with Crippen LogP contribution in [0.15, 0.2) is 53.5 Å². The Labute approximate surface area is 153 Å². The second-order valence-electron chi connectivity index (χ2n) is 6.79. The minimum absolute atomic E-state index is 0.0698. The fourth-order valence-corrected chi connectivity index (χ4v) is 3.66. The van der Waals surface area contributed by atoms with Crippen LogP contribution in [-0.2, 0) is 13.0 Å². The van der Waals surface area contributed by atoms with Gasteiger partial charge in [0.25, 0.3) is 0 Å². The average molecular weight is 351 g/mol. The van der Waals surface area contributed by atoms with E-state index in [1.165, 1.54) is 11.1 Å². The molecule has 0 bridgehead atoms. The summed E-state index contributed by atoms with van der Waals surface area (Å²) in [5.74, 6) is 0. The lowest BCUT2D eigenvalue weighted by molar-refractivity contribution is 0.153. The van der Waals surface area contributed by atoms with Crippen LogP contribution in [0.2, 0.25) is 0 Å². The van der Waals surface area contributed by atoms with Crippen molar-refractivity contribution in [1.29, 1.82) is 0 Å². The predicted octanol–water partition coefficient (Wildman–Crippen LogP) is 1.70. The maximum atomic E-state index is 12.5. The molecule has 1 unspecified atom stereocenters. The average Bonchev–Trinajstić information content (AvgIpc) is 3.03. The zero-order valence-electron chi connectivity index (χ0n) is 15.1. The molecule has 1 aliphatic heterocycles. The van der Waals surface area contributed by atoms with Crippen molar-refractivity contribution in [3.63, 3.8) is 0 Å². The van der Waals surface area contributed by atoms with Crippen LogP contribution in [0.25, 0.3) is 5.65 Å². The molecule has 1 fully saturated rings. The van der Waals surface area contributed by atoms with Crippen molar-refractivity contribution in [2.24, 2.45) is 0 Å². The van der Waals surface area contributed by atoms with Crippen molar-refractivity contribution < 1.29 is 0 Å². The van der Waals surface area contributed by atoms with Gasteiger partial charge in [0.1, 0.15) is 0 Å². The maximum absolute atomic E-state index is 12.5. The summed E-state index contributed by atoms with van der Waals surface area (Å²) in [6.07, 6.45) is 2.83. The Morgan fingerprint density at radius 2 is 2.00 bits per heavy atom. The molecular formula is C20H25N5O. The summed E-state index contributed by atoms with van der Waals surface area (Å²) in [6, 6.07) is 14.9. The number of hydrogen-bond donors (Lipinski definition) is 1. The molecule has 26 heavy (non-hydrogen) atoms. The van der Waals surface area contributed by atoms with Gasteiger partial charge in [-0.05, 0) is 29.7 Å². The van der Waals surface area contributed by atoms with Crippen LogP contribution in [0.5, 0.6) is 0 Å². The van der Waals surface area contributed by atoms with E-state index in [4.69, 9.17) is 0 Å². The van der Waals surface area contributed by atoms with Gasteiger partial charge in [-0.2, -0.15) is 0 Å². The zero-order chi connectivity index (χ0) is 17.9. The molecule has 0 aliphatic carbocycles. The van der Waals surface area contributed by atoms with Crippen molar-refractivity contribution in [2.75, 3.05) is 26.2 Å². The second kappa shape index (κ2) is 7.43. The van der Waals surface area contributed by atoms with Gasteiger partial charge in [-0.25, -0.2) is 9.48 Å². The van der Waals surface area contributed by atoms with Crippen LogP contribution >= 0.6 is 0 Å². The Hall–Kier alpha value is -2.44. The number of fused-ring (bicyclic) bond motifs is 1. The molecule has 136 valence electrons. The third-order valence-electron chi connectivity index (χ3n) is 5.21. The highest BCUT2D eigenvalue weighted by molar-refractivity contribution is 5.35. The third kappa shape index (κ3) is 3.30. The summed E-state index contributed by atoms with van der Waals surface area (Å²) >= 11 is 0. The van der Waals surface area contributed by atoms with Crippen molar-refractivity contribution >= 4 is 5.65 Å². The largest absolute Gasteiger partial charge is 0.350 e. The normalized spacial score (nSPS) is 18.4. The van der Waals surface area contributed by atoms with E-state index in [0.29, 0.717) is 18.2 Å². The predicted molar refractivity (Wildman–Crippen MR) is 102 cm³/mol. The van der Waals surface area contributed by atoms with Crippen molar-refractivity contribution in [3.8, 4) is 0 Å². The molecule has 1 aromatic carbocycles. The standard InChI is InChI=1S/C20H25N5O/c1-2-16-6-8-17(9-7-16)18-15-21-10-12-23(18)13-14-25-20(26)24-11-4-3-5-19(24)22-25/h3-9,11,18,21H,2,10,12-15H2,1H3. The van der Waals surface area contributed by atoms with Crippen LogP contribution in [0.3, 0.4) is 0 Å². The quantitative estimate of drug-likeness (QED) is 0.760. The number of hydrogen-bond acceptors (Lipinski definition) is 4. The Kier molecular flexibility index (Phi) is 4.86. The number of benzene rings is 1. The van der Waals surface area contributed by atoms with Gasteiger partial charge in [0.15, 0.2) is 5.65 Å². The Bertz CT molecular complexity index is 927. The lowest BCUT2D eigenvalue weighted by Gasteiger charge is -2.36. The maximum Gasteiger partial charge on any atom is 0.350 e. The van der Waals surface area contributed by atoms with E-state index in [-0.39, 0.29) is 5.69 Å². The molecule has 1 aliphatic rings. The van der Waals surface area contributed by atoms with E-state index >= 15 is 0 Å². The van der Waals surface area contributed by atoms with Crippen LogP contribution in [0, 0.1) is 0 Å². The van der Waals surface area contributed by atoms with E-state index in [1.807, 2.05) is 18.2 Å². The molecule has 4 rings (SSSR count). The summed E-state index contributed by atoms with van der Waals surface area (Å²) in [5.41, 5.74) is 3.32. The van der Waals surface area contributed by atoms with E-state index in [1.54, 1.807) is 15.3 Å². The molecule has 3 heterocycles. The number of rotatable bonds is 5. The summed E-state index contributed by atoms with van der Waals surface area (Å²) < 4.78 is 3.17. The fourth-order valence-electron chi connectivity index (χ4n) is 3.66. The van der Waals surface area contributed by atoms with E-state index < -0.39 is 0 Å². The first kappa shape index (κ1) is 17.0. The van der Waals surface area contributed by atoms with Gasteiger partial charge in [0.2, 0.25) is 0 Å². The Morgan fingerprint density at radius 1 is 1.15 bits per heavy atom. The molecular weight excluding hydrogens is 326 g/mol. The third-order valence-corrected chi connectivity index (χ3v) is 5.21. The first-order valence-corrected chi connectivity index (χ1v) is 9.34. The van der Waals surface area contributed by atoms with Gasteiger partial charge < -0.3 is 5.32 Å². The number of aromatic nitrogens is 3. The molecule has 1 N–H and O–H groups in total. The van der Waals surface area contributed by atoms with Crippen molar-refractivity contribution in [3.05, 3.63) is 70.3 Å². The molecule has 0 saturated carbocycles. The lowest BCUT2D eigenvalue weighted by atomic mass is 10.0. The first-order chi connectivity index (χ1) is 12.8. The second-order valence-corrected chi connectivity index (χ2v) is 6.79. The van der Waals surface area contributed by atoms with Gasteiger partial charge in [-0.1, -0.05) is 37.3 Å². The summed E-state index contributed by atoms with van der Waals surface area (Å²) in [6.45, 7) is 6.48. The van der Waals surface area contributed by atoms with Crippen LogP contribution in [0.1, 0.15) is 24.1 Å². The van der Waals surface area contributed by atoms with Gasteiger partial charge in [0, 0.05) is 38.4 Å². The Balaban J connectivity index is 1.51. The molecule has 6 nitrogen and oxygen atoms in total. The SMILES string of the molecule is CCc1ccc(C2CNCCN2CCn2nc3ccccn3c2=O)cc1. The Morgan fingerprint density at radius 3 is 2.77 bits per heavy atom. The number of piperazine rings is 1. The molecule has 1 saturated heterocycles. The van der Waals surface area contributed by atoms with Crippen LogP contribution < -0.4 is 11.0 Å². The number of pyridine rings is 1. The zero-order valence-corrected chi connectivity index (χ0v) is 15.1. The summed E-state index contributed by atoms with van der Waals surface area (Å²) in [5, 5.41) is 7.93. The van der Waals surface area contributed by atoms with Gasteiger partial charge in [-0.3, -0.25) is 9.30 Å². The number of aryl methyl sites for hydroxylation is 1. The van der Waals surface area contributed by atoms with Crippen molar-refractivity contribution in [2.45, 2.75) is 25.9 Å². The lowest BCUT2D eigenvalue weighted by Crippen LogP contribution is -2.47. The van der Waals surface area contributed by atoms with E-state index in [9.17, 15) is 4.79 Å². The van der Waals surface area contributed by atoms with Gasteiger partial charge in [-0.15, -0.1) is 5.10 Å². The van der Waals surface area contributed by atoms with E-state index in [2.05, 4.69) is 46.5 Å². The molecule has 6 heteroatoms.